The Bertz CT molecular complexity index is 906. The minimum absolute atomic E-state index is 0.0496. The first kappa shape index (κ1) is 16.9. The van der Waals surface area contributed by atoms with E-state index in [9.17, 15) is 14.4 Å². The number of halogens is 1. The summed E-state index contributed by atoms with van der Waals surface area (Å²) in [5.74, 6) is -0.237. The van der Waals surface area contributed by atoms with Crippen molar-refractivity contribution >= 4 is 33.0 Å². The largest absolute Gasteiger partial charge is 0.376 e. The van der Waals surface area contributed by atoms with E-state index in [0.717, 1.165) is 24.0 Å². The summed E-state index contributed by atoms with van der Waals surface area (Å²) in [5, 5.41) is 2.81. The molecule has 1 fully saturated rings. The van der Waals surface area contributed by atoms with E-state index < -0.39 is 11.2 Å². The fourth-order valence-corrected chi connectivity index (χ4v) is 3.31. The molecule has 0 bridgehead atoms. The van der Waals surface area contributed by atoms with Crippen molar-refractivity contribution in [2.45, 2.75) is 25.5 Å². The summed E-state index contributed by atoms with van der Waals surface area (Å²) in [7, 11) is 2.93. The van der Waals surface area contributed by atoms with Crippen molar-refractivity contribution < 1.29 is 9.53 Å². The van der Waals surface area contributed by atoms with E-state index in [1.165, 1.54) is 16.2 Å². The summed E-state index contributed by atoms with van der Waals surface area (Å²) in [6, 6.07) is 0. The summed E-state index contributed by atoms with van der Waals surface area (Å²) in [6.07, 6.45) is 1.99. The molecule has 3 heterocycles. The average molecular weight is 400 g/mol. The summed E-state index contributed by atoms with van der Waals surface area (Å²) in [6.45, 7) is 1.12. The van der Waals surface area contributed by atoms with Gasteiger partial charge in [0.05, 0.1) is 6.10 Å². The van der Waals surface area contributed by atoms with Crippen molar-refractivity contribution in [2.24, 2.45) is 14.1 Å². The van der Waals surface area contributed by atoms with Crippen LogP contribution in [0.2, 0.25) is 0 Å². The number of amides is 1. The standard InChI is InChI=1S/C14H18BrN5O4/c1-18-11-10(12(22)19(2)14(18)23)17-13(15)20(11)7-9(21)16-6-8-4-3-5-24-8/h8H,3-7H2,1-2H3,(H,16,21). The van der Waals surface area contributed by atoms with Crippen LogP contribution in [0.3, 0.4) is 0 Å². The number of carbonyl (C=O) groups excluding carboxylic acids is 1. The third-order valence-corrected chi connectivity index (χ3v) is 4.75. The maximum atomic E-state index is 12.2. The Kier molecular flexibility index (Phi) is 4.59. The predicted molar refractivity (Wildman–Crippen MR) is 89.9 cm³/mol. The molecule has 0 aliphatic carbocycles. The number of aryl methyl sites for hydroxylation is 1. The highest BCUT2D eigenvalue weighted by Gasteiger charge is 2.20. The number of imidazole rings is 1. The first-order valence-electron chi connectivity index (χ1n) is 7.60. The van der Waals surface area contributed by atoms with Crippen molar-refractivity contribution in [1.82, 2.24) is 24.0 Å². The van der Waals surface area contributed by atoms with Gasteiger partial charge in [-0.3, -0.25) is 23.3 Å². The van der Waals surface area contributed by atoms with Gasteiger partial charge in [-0.2, -0.15) is 0 Å². The first-order valence-corrected chi connectivity index (χ1v) is 8.39. The van der Waals surface area contributed by atoms with Gasteiger partial charge in [0, 0.05) is 27.2 Å². The van der Waals surface area contributed by atoms with Gasteiger partial charge in [-0.25, -0.2) is 9.78 Å². The van der Waals surface area contributed by atoms with Gasteiger partial charge in [0.1, 0.15) is 6.54 Å². The van der Waals surface area contributed by atoms with Crippen LogP contribution in [0.25, 0.3) is 11.2 Å². The Morgan fingerprint density at radius 1 is 1.38 bits per heavy atom. The van der Waals surface area contributed by atoms with E-state index in [-0.39, 0.29) is 24.1 Å². The number of aromatic nitrogens is 4. The zero-order valence-electron chi connectivity index (χ0n) is 13.4. The third-order valence-electron chi connectivity index (χ3n) is 4.15. The van der Waals surface area contributed by atoms with E-state index in [1.54, 1.807) is 7.05 Å². The second-order valence-corrected chi connectivity index (χ2v) is 6.49. The van der Waals surface area contributed by atoms with Gasteiger partial charge >= 0.3 is 5.69 Å². The smallest absolute Gasteiger partial charge is 0.332 e. The number of carbonyl (C=O) groups is 1. The molecule has 0 aromatic carbocycles. The van der Waals surface area contributed by atoms with Crippen LogP contribution >= 0.6 is 15.9 Å². The first-order chi connectivity index (χ1) is 11.4. The Balaban J connectivity index is 1.89. The molecular weight excluding hydrogens is 382 g/mol. The molecule has 0 saturated carbocycles. The van der Waals surface area contributed by atoms with Crippen LogP contribution in [0.4, 0.5) is 0 Å². The molecule has 24 heavy (non-hydrogen) atoms. The van der Waals surface area contributed by atoms with Gasteiger partial charge in [0.25, 0.3) is 5.56 Å². The van der Waals surface area contributed by atoms with Gasteiger partial charge in [-0.1, -0.05) is 0 Å². The van der Waals surface area contributed by atoms with Gasteiger partial charge in [-0.05, 0) is 28.8 Å². The van der Waals surface area contributed by atoms with E-state index in [2.05, 4.69) is 26.2 Å². The third kappa shape index (κ3) is 2.91. The number of nitrogens with one attached hydrogen (secondary N) is 1. The number of ether oxygens (including phenoxy) is 1. The Morgan fingerprint density at radius 3 is 2.79 bits per heavy atom. The van der Waals surface area contributed by atoms with Gasteiger partial charge in [0.2, 0.25) is 5.91 Å². The van der Waals surface area contributed by atoms with Crippen molar-refractivity contribution in [3.63, 3.8) is 0 Å². The molecule has 1 aliphatic rings. The molecule has 1 unspecified atom stereocenters. The highest BCUT2D eigenvalue weighted by Crippen LogP contribution is 2.16. The summed E-state index contributed by atoms with van der Waals surface area (Å²) >= 11 is 3.26. The molecule has 0 radical (unpaired) electrons. The van der Waals surface area contributed by atoms with E-state index in [0.29, 0.717) is 16.9 Å². The normalized spacial score (nSPS) is 17.5. The molecule has 1 saturated heterocycles. The Hall–Kier alpha value is -1.94. The number of rotatable bonds is 4. The molecule has 9 nitrogen and oxygen atoms in total. The summed E-state index contributed by atoms with van der Waals surface area (Å²) in [5.41, 5.74) is -0.520. The maximum absolute atomic E-state index is 12.2. The number of hydrogen-bond acceptors (Lipinski definition) is 5. The number of hydrogen-bond donors (Lipinski definition) is 1. The molecule has 10 heteroatoms. The quantitative estimate of drug-likeness (QED) is 0.697. The average Bonchev–Trinajstić information content (AvgIpc) is 3.18. The van der Waals surface area contributed by atoms with Gasteiger partial charge in [-0.15, -0.1) is 0 Å². The monoisotopic (exact) mass is 399 g/mol. The van der Waals surface area contributed by atoms with Crippen LogP contribution in [0, 0.1) is 0 Å². The topological polar surface area (TPSA) is 100 Å². The minimum atomic E-state index is -0.493. The molecule has 1 N–H and O–H groups in total. The lowest BCUT2D eigenvalue weighted by Gasteiger charge is -2.12. The van der Waals surface area contributed by atoms with E-state index >= 15 is 0 Å². The van der Waals surface area contributed by atoms with E-state index in [4.69, 9.17) is 4.74 Å². The Labute approximate surface area is 145 Å². The van der Waals surface area contributed by atoms with Crippen LogP contribution in [0.1, 0.15) is 12.8 Å². The van der Waals surface area contributed by atoms with Crippen molar-refractivity contribution in [3.8, 4) is 0 Å². The van der Waals surface area contributed by atoms with Gasteiger partial charge in [0.15, 0.2) is 15.9 Å². The van der Waals surface area contributed by atoms with Crippen LogP contribution in [-0.2, 0) is 30.2 Å². The number of nitrogens with zero attached hydrogens (tertiary/aromatic N) is 4. The van der Waals surface area contributed by atoms with Crippen LogP contribution in [-0.4, -0.2) is 43.8 Å². The fourth-order valence-electron chi connectivity index (χ4n) is 2.84. The van der Waals surface area contributed by atoms with Crippen molar-refractivity contribution in [2.75, 3.05) is 13.2 Å². The van der Waals surface area contributed by atoms with Crippen LogP contribution in [0.5, 0.6) is 0 Å². The molecule has 2 aromatic heterocycles. The van der Waals surface area contributed by atoms with Crippen molar-refractivity contribution in [3.05, 3.63) is 25.6 Å². The van der Waals surface area contributed by atoms with E-state index in [1.807, 2.05) is 0 Å². The zero-order valence-corrected chi connectivity index (χ0v) is 15.0. The molecule has 3 rings (SSSR count). The fraction of sp³-hybridized carbons (Fsp3) is 0.571. The second kappa shape index (κ2) is 6.52. The molecule has 130 valence electrons. The van der Waals surface area contributed by atoms with Crippen LogP contribution < -0.4 is 16.6 Å². The summed E-state index contributed by atoms with van der Waals surface area (Å²) < 4.78 is 9.59. The molecule has 1 amide bonds. The molecule has 1 atom stereocenters. The Morgan fingerprint density at radius 2 is 2.12 bits per heavy atom. The number of fused-ring (bicyclic) bond motifs is 1. The predicted octanol–water partition coefficient (Wildman–Crippen LogP) is -0.509. The van der Waals surface area contributed by atoms with Gasteiger partial charge < -0.3 is 10.1 Å². The van der Waals surface area contributed by atoms with Crippen molar-refractivity contribution in [1.29, 1.82) is 0 Å². The highest BCUT2D eigenvalue weighted by molar-refractivity contribution is 9.10. The molecule has 2 aromatic rings. The second-order valence-electron chi connectivity index (χ2n) is 5.78. The summed E-state index contributed by atoms with van der Waals surface area (Å²) in [4.78, 5) is 40.6. The lowest BCUT2D eigenvalue weighted by Crippen LogP contribution is -2.38. The minimum Gasteiger partial charge on any atom is -0.376 e. The lowest BCUT2D eigenvalue weighted by atomic mass is 10.2. The molecular formula is C14H18BrN5O4. The molecule has 1 aliphatic heterocycles. The molecule has 0 spiro atoms. The van der Waals surface area contributed by atoms with Crippen LogP contribution in [0.15, 0.2) is 14.3 Å². The SMILES string of the molecule is Cn1c(=O)c2nc(Br)n(CC(=O)NCC3CCCO3)c2n(C)c1=O. The highest BCUT2D eigenvalue weighted by atomic mass is 79.9. The maximum Gasteiger partial charge on any atom is 0.332 e. The zero-order chi connectivity index (χ0) is 17.4. The lowest BCUT2D eigenvalue weighted by molar-refractivity contribution is -0.122.